The molecule has 1 heterocycles. The number of aliphatic hydroxyl groups is 1. The second-order valence-electron chi connectivity index (χ2n) is 4.78. The Morgan fingerprint density at radius 2 is 2.00 bits per heavy atom. The molecule has 3 rings (SSSR count). The van der Waals surface area contributed by atoms with E-state index in [1.54, 1.807) is 11.3 Å². The molecule has 1 aliphatic rings. The van der Waals surface area contributed by atoms with Crippen LogP contribution in [0.1, 0.15) is 33.7 Å². The fourth-order valence-corrected chi connectivity index (χ4v) is 3.72. The van der Waals surface area contributed by atoms with Crippen molar-refractivity contribution in [2.45, 2.75) is 31.8 Å². The zero-order valence-electron chi connectivity index (χ0n) is 9.94. The molecule has 1 nitrogen and oxygen atoms in total. The van der Waals surface area contributed by atoms with Crippen molar-refractivity contribution in [3.05, 3.63) is 57.3 Å². The number of hydrogen-bond donors (Lipinski definition) is 1. The van der Waals surface area contributed by atoms with Gasteiger partial charge in [-0.1, -0.05) is 24.3 Å². The van der Waals surface area contributed by atoms with Gasteiger partial charge in [0, 0.05) is 9.75 Å². The summed E-state index contributed by atoms with van der Waals surface area (Å²) in [6, 6.07) is 12.5. The summed E-state index contributed by atoms with van der Waals surface area (Å²) >= 11 is 1.71. The van der Waals surface area contributed by atoms with E-state index >= 15 is 0 Å². The van der Waals surface area contributed by atoms with Gasteiger partial charge >= 0.3 is 0 Å². The molecule has 0 radical (unpaired) electrons. The number of hydrogen-bond acceptors (Lipinski definition) is 2. The molecule has 88 valence electrons. The van der Waals surface area contributed by atoms with Gasteiger partial charge in [-0.15, -0.1) is 11.3 Å². The first-order valence-corrected chi connectivity index (χ1v) is 6.89. The largest absolute Gasteiger partial charge is 0.380 e. The van der Waals surface area contributed by atoms with Crippen molar-refractivity contribution in [1.29, 1.82) is 0 Å². The summed E-state index contributed by atoms with van der Waals surface area (Å²) in [5, 5.41) is 11.0. The van der Waals surface area contributed by atoms with Crippen LogP contribution in [0.4, 0.5) is 0 Å². The van der Waals surface area contributed by atoms with Crippen LogP contribution < -0.4 is 0 Å². The second-order valence-corrected chi connectivity index (χ2v) is 6.07. The van der Waals surface area contributed by atoms with E-state index in [4.69, 9.17) is 0 Å². The molecule has 0 saturated carbocycles. The Hall–Kier alpha value is -1.12. The van der Waals surface area contributed by atoms with Crippen LogP contribution in [0.3, 0.4) is 0 Å². The zero-order chi connectivity index (χ0) is 11.9. The van der Waals surface area contributed by atoms with Gasteiger partial charge in [0.1, 0.15) is 5.60 Å². The average molecular weight is 244 g/mol. The molecule has 1 aliphatic carbocycles. The molecule has 0 amide bonds. The van der Waals surface area contributed by atoms with E-state index in [2.05, 4.69) is 37.3 Å². The predicted molar refractivity (Wildman–Crippen MR) is 71.4 cm³/mol. The Labute approximate surface area is 106 Å². The number of rotatable bonds is 1. The van der Waals surface area contributed by atoms with E-state index in [1.807, 2.05) is 6.07 Å². The predicted octanol–water partition coefficient (Wildman–Crippen LogP) is 3.63. The lowest BCUT2D eigenvalue weighted by molar-refractivity contribution is 0.0653. The van der Waals surface area contributed by atoms with Crippen LogP contribution in [0, 0.1) is 6.92 Å². The molecule has 1 aromatic heterocycles. The van der Waals surface area contributed by atoms with Crippen molar-refractivity contribution in [3.63, 3.8) is 0 Å². The third-order valence-corrected chi connectivity index (χ3v) is 4.75. The lowest BCUT2D eigenvalue weighted by atomic mass is 9.78. The first kappa shape index (κ1) is 11.0. The topological polar surface area (TPSA) is 20.2 Å². The van der Waals surface area contributed by atoms with Gasteiger partial charge in [-0.3, -0.25) is 0 Å². The standard InChI is InChI=1S/C15H16OS/c1-11-8-9-14(17-11)15(16)10-4-6-12-5-2-3-7-13(12)15/h2-3,5,7-9,16H,4,6,10H2,1H3. The molecule has 1 atom stereocenters. The number of thiophene rings is 1. The summed E-state index contributed by atoms with van der Waals surface area (Å²) in [4.78, 5) is 2.35. The monoisotopic (exact) mass is 244 g/mol. The van der Waals surface area contributed by atoms with Gasteiger partial charge < -0.3 is 5.11 Å². The highest BCUT2D eigenvalue weighted by atomic mass is 32.1. The third kappa shape index (κ3) is 1.72. The molecule has 0 bridgehead atoms. The van der Waals surface area contributed by atoms with E-state index in [9.17, 15) is 5.11 Å². The van der Waals surface area contributed by atoms with E-state index in [-0.39, 0.29) is 0 Å². The first-order valence-electron chi connectivity index (χ1n) is 6.08. The van der Waals surface area contributed by atoms with Gasteiger partial charge in [-0.05, 0) is 49.4 Å². The maximum atomic E-state index is 11.0. The van der Waals surface area contributed by atoms with Crippen molar-refractivity contribution >= 4 is 11.3 Å². The highest BCUT2D eigenvalue weighted by Gasteiger charge is 2.36. The van der Waals surface area contributed by atoms with Crippen molar-refractivity contribution in [2.24, 2.45) is 0 Å². The fraction of sp³-hybridized carbons (Fsp3) is 0.333. The summed E-state index contributed by atoms with van der Waals surface area (Å²) in [7, 11) is 0. The van der Waals surface area contributed by atoms with Gasteiger partial charge in [-0.25, -0.2) is 0 Å². The molecule has 2 heteroatoms. The smallest absolute Gasteiger partial charge is 0.124 e. The van der Waals surface area contributed by atoms with Gasteiger partial charge in [0.15, 0.2) is 0 Å². The molecule has 0 spiro atoms. The summed E-state index contributed by atoms with van der Waals surface area (Å²) in [5.41, 5.74) is 1.65. The first-order chi connectivity index (χ1) is 8.20. The van der Waals surface area contributed by atoms with Crippen LogP contribution in [0.2, 0.25) is 0 Å². The van der Waals surface area contributed by atoms with Gasteiger partial charge in [0.2, 0.25) is 0 Å². The maximum absolute atomic E-state index is 11.0. The molecule has 17 heavy (non-hydrogen) atoms. The Morgan fingerprint density at radius 3 is 2.76 bits per heavy atom. The minimum atomic E-state index is -0.756. The Balaban J connectivity index is 2.15. The van der Waals surface area contributed by atoms with E-state index in [1.165, 1.54) is 10.4 Å². The molecule has 1 unspecified atom stereocenters. The van der Waals surface area contributed by atoms with Crippen LogP contribution >= 0.6 is 11.3 Å². The highest BCUT2D eigenvalue weighted by Crippen LogP contribution is 2.42. The normalized spacial score (nSPS) is 23.4. The summed E-state index contributed by atoms with van der Waals surface area (Å²) in [6.07, 6.45) is 2.98. The molecule has 1 N–H and O–H groups in total. The van der Waals surface area contributed by atoms with Crippen LogP contribution in [-0.4, -0.2) is 5.11 Å². The number of benzene rings is 1. The van der Waals surface area contributed by atoms with E-state index in [0.29, 0.717) is 0 Å². The lowest BCUT2D eigenvalue weighted by Gasteiger charge is -2.33. The quantitative estimate of drug-likeness (QED) is 0.812. The van der Waals surface area contributed by atoms with Gasteiger partial charge in [0.25, 0.3) is 0 Å². The molecular formula is C15H16OS. The summed E-state index contributed by atoms with van der Waals surface area (Å²) < 4.78 is 0. The number of fused-ring (bicyclic) bond motifs is 1. The van der Waals surface area contributed by atoms with Crippen molar-refractivity contribution in [1.82, 2.24) is 0 Å². The summed E-state index contributed by atoms with van der Waals surface area (Å²) in [6.45, 7) is 2.09. The molecule has 1 aromatic carbocycles. The minimum absolute atomic E-state index is 0.756. The van der Waals surface area contributed by atoms with Crippen molar-refractivity contribution in [2.75, 3.05) is 0 Å². The second kappa shape index (κ2) is 3.97. The van der Waals surface area contributed by atoms with Crippen LogP contribution in [0.25, 0.3) is 0 Å². The minimum Gasteiger partial charge on any atom is -0.380 e. The van der Waals surface area contributed by atoms with Gasteiger partial charge in [-0.2, -0.15) is 0 Å². The van der Waals surface area contributed by atoms with Crippen LogP contribution in [0.5, 0.6) is 0 Å². The Bertz CT molecular complexity index is 543. The molecule has 0 saturated heterocycles. The molecule has 0 aliphatic heterocycles. The van der Waals surface area contributed by atoms with E-state index < -0.39 is 5.60 Å². The Morgan fingerprint density at radius 1 is 1.18 bits per heavy atom. The highest BCUT2D eigenvalue weighted by molar-refractivity contribution is 7.12. The maximum Gasteiger partial charge on any atom is 0.124 e. The van der Waals surface area contributed by atoms with Crippen LogP contribution in [0.15, 0.2) is 36.4 Å². The van der Waals surface area contributed by atoms with Crippen molar-refractivity contribution < 1.29 is 5.11 Å². The SMILES string of the molecule is Cc1ccc(C2(O)CCCc3ccccc32)s1. The molecule has 2 aromatic rings. The number of aryl methyl sites for hydroxylation is 2. The zero-order valence-corrected chi connectivity index (χ0v) is 10.8. The Kier molecular flexibility index (Phi) is 2.57. The van der Waals surface area contributed by atoms with E-state index in [0.717, 1.165) is 29.7 Å². The molecule has 0 fully saturated rings. The lowest BCUT2D eigenvalue weighted by Crippen LogP contribution is -2.30. The van der Waals surface area contributed by atoms with Crippen molar-refractivity contribution in [3.8, 4) is 0 Å². The van der Waals surface area contributed by atoms with Crippen LogP contribution in [-0.2, 0) is 12.0 Å². The molecular weight excluding hydrogens is 228 g/mol. The average Bonchev–Trinajstić information content (AvgIpc) is 2.77. The fourth-order valence-electron chi connectivity index (χ4n) is 2.72. The third-order valence-electron chi connectivity index (χ3n) is 3.60. The summed E-state index contributed by atoms with van der Waals surface area (Å²) in [5.74, 6) is 0. The van der Waals surface area contributed by atoms with Gasteiger partial charge in [0.05, 0.1) is 0 Å².